The third-order valence-electron chi connectivity index (χ3n) is 7.17. The number of rotatable bonds is 4. The third kappa shape index (κ3) is 6.73. The Balaban J connectivity index is 0.000000479. The zero-order chi connectivity index (χ0) is 27.4. The molecule has 2 fully saturated rings. The average molecular weight is 527 g/mol. The lowest BCUT2D eigenvalue weighted by Crippen LogP contribution is -2.52. The number of aromatic nitrogens is 2. The van der Waals surface area contributed by atoms with E-state index in [1.165, 1.54) is 18.9 Å². The lowest BCUT2D eigenvalue weighted by molar-refractivity contribution is -0.467. The highest BCUT2D eigenvalue weighted by molar-refractivity contribution is 5.94. The normalized spacial score (nSPS) is 17.4. The number of hydrogen-bond donors (Lipinski definition) is 1. The Kier molecular flexibility index (Phi) is 8.72. The van der Waals surface area contributed by atoms with Crippen LogP contribution in [0.2, 0.25) is 0 Å². The Morgan fingerprint density at radius 2 is 1.78 bits per heavy atom. The molecule has 202 valence electrons. The van der Waals surface area contributed by atoms with Gasteiger partial charge in [-0.25, -0.2) is 4.39 Å². The number of carboxylic acids is 1. The first-order chi connectivity index (χ1) is 17.4. The van der Waals surface area contributed by atoms with Gasteiger partial charge in [0, 0.05) is 30.3 Å². The van der Waals surface area contributed by atoms with E-state index >= 15 is 0 Å². The number of piperidine rings is 1. The summed E-state index contributed by atoms with van der Waals surface area (Å²) in [5.41, 5.74) is 2.56. The van der Waals surface area contributed by atoms with Gasteiger partial charge in [-0.1, -0.05) is 13.0 Å². The van der Waals surface area contributed by atoms with Crippen LogP contribution < -0.4 is 15.8 Å². The number of aromatic amines is 2. The smallest absolute Gasteiger partial charge is 0.430 e. The number of carboxylic acid groups (broad SMARTS) is 1. The molecule has 0 aliphatic carbocycles. The first kappa shape index (κ1) is 28.3. The predicted molar refractivity (Wildman–Crippen MR) is 123 cm³/mol. The van der Waals surface area contributed by atoms with Gasteiger partial charge in [0.15, 0.2) is 0 Å². The number of carbonyl (C=O) groups is 2. The molecule has 1 amide bonds. The van der Waals surface area contributed by atoms with Crippen LogP contribution in [0.4, 0.5) is 17.6 Å². The van der Waals surface area contributed by atoms with Crippen LogP contribution in [0.15, 0.2) is 29.1 Å². The van der Waals surface area contributed by atoms with Crippen molar-refractivity contribution < 1.29 is 37.4 Å². The van der Waals surface area contributed by atoms with Gasteiger partial charge in [0.05, 0.1) is 12.0 Å². The van der Waals surface area contributed by atoms with Crippen LogP contribution in [-0.2, 0) is 17.6 Å². The fourth-order valence-corrected chi connectivity index (χ4v) is 4.95. The molecule has 0 unspecified atom stereocenters. The van der Waals surface area contributed by atoms with Crippen LogP contribution >= 0.6 is 0 Å². The lowest BCUT2D eigenvalue weighted by Gasteiger charge is -2.43. The molecule has 4 rings (SSSR count). The minimum absolute atomic E-state index is 0.128. The number of hydrogen-bond acceptors (Lipinski definition) is 5. The second-order valence-corrected chi connectivity index (χ2v) is 9.45. The van der Waals surface area contributed by atoms with Gasteiger partial charge in [-0.2, -0.15) is 13.2 Å². The SMILES string of the molecule is CCc1cc(Cc2ccc(F)c(C(=O)N3CCC4(CCCN4C)CC3)c2)[nH+][nH]c1=O.O=C([O-])C(F)(F)F. The monoisotopic (exact) mass is 526 g/mol. The number of nitrogens with one attached hydrogen (secondary N) is 2. The fourth-order valence-electron chi connectivity index (χ4n) is 4.95. The third-order valence-corrected chi connectivity index (χ3v) is 7.17. The fraction of sp³-hybridized carbons (Fsp3) is 0.520. The van der Waals surface area contributed by atoms with Crippen LogP contribution in [0.25, 0.3) is 0 Å². The highest BCUT2D eigenvalue weighted by Gasteiger charge is 2.42. The van der Waals surface area contributed by atoms with E-state index in [-0.39, 0.29) is 22.6 Å². The molecule has 3 heterocycles. The van der Waals surface area contributed by atoms with Gasteiger partial charge >= 0.3 is 11.7 Å². The Morgan fingerprint density at radius 1 is 1.14 bits per heavy atom. The van der Waals surface area contributed by atoms with Gasteiger partial charge in [0.2, 0.25) is 5.69 Å². The maximum Gasteiger partial charge on any atom is 0.430 e. The summed E-state index contributed by atoms with van der Waals surface area (Å²) in [6.45, 7) is 4.38. The van der Waals surface area contributed by atoms with Crippen LogP contribution in [0.3, 0.4) is 0 Å². The van der Waals surface area contributed by atoms with Crippen LogP contribution in [0.5, 0.6) is 0 Å². The summed E-state index contributed by atoms with van der Waals surface area (Å²) in [5, 5.41) is 14.3. The maximum absolute atomic E-state index is 14.5. The van der Waals surface area contributed by atoms with E-state index in [0.717, 1.165) is 30.6 Å². The Labute approximate surface area is 211 Å². The van der Waals surface area contributed by atoms with Crippen molar-refractivity contribution in [2.75, 3.05) is 26.7 Å². The number of halogens is 4. The Morgan fingerprint density at radius 3 is 2.32 bits per heavy atom. The van der Waals surface area contributed by atoms with Crippen LogP contribution in [0.1, 0.15) is 59.8 Å². The second kappa shape index (κ2) is 11.4. The molecule has 2 aliphatic rings. The quantitative estimate of drug-likeness (QED) is 0.607. The van der Waals surface area contributed by atoms with Gasteiger partial charge in [0.1, 0.15) is 11.8 Å². The summed E-state index contributed by atoms with van der Waals surface area (Å²) in [6, 6.07) is 6.53. The van der Waals surface area contributed by atoms with Gasteiger partial charge in [-0.05, 0) is 63.4 Å². The van der Waals surface area contributed by atoms with E-state index in [1.54, 1.807) is 17.0 Å². The lowest BCUT2D eigenvalue weighted by atomic mass is 9.85. The van der Waals surface area contributed by atoms with E-state index in [0.29, 0.717) is 31.5 Å². The number of carbonyl (C=O) groups excluding carboxylic acids is 2. The summed E-state index contributed by atoms with van der Waals surface area (Å²) in [7, 11) is 2.17. The highest BCUT2D eigenvalue weighted by Crippen LogP contribution is 2.37. The zero-order valence-electron chi connectivity index (χ0n) is 20.7. The molecule has 1 aromatic heterocycles. The number of likely N-dealkylation sites (tertiary alicyclic amines) is 2. The van der Waals surface area contributed by atoms with Crippen molar-refractivity contribution in [1.29, 1.82) is 0 Å². The summed E-state index contributed by atoms with van der Waals surface area (Å²) >= 11 is 0. The van der Waals surface area contributed by atoms with E-state index in [2.05, 4.69) is 22.1 Å². The molecule has 2 saturated heterocycles. The Hall–Kier alpha value is -3.28. The van der Waals surface area contributed by atoms with Crippen LogP contribution in [0, 0.1) is 5.82 Å². The molecular formula is C25H30F4N4O4. The summed E-state index contributed by atoms with van der Waals surface area (Å²) in [4.78, 5) is 37.8. The molecule has 37 heavy (non-hydrogen) atoms. The van der Waals surface area contributed by atoms with Gasteiger partial charge < -0.3 is 19.7 Å². The second-order valence-electron chi connectivity index (χ2n) is 9.45. The number of H-pyrrole nitrogens is 2. The summed E-state index contributed by atoms with van der Waals surface area (Å²) in [6.07, 6.45) is 0.215. The topological polar surface area (TPSA) is 111 Å². The highest BCUT2D eigenvalue weighted by atomic mass is 19.4. The van der Waals surface area contributed by atoms with Gasteiger partial charge in [-0.3, -0.25) is 9.59 Å². The molecule has 0 radical (unpaired) electrons. The number of amides is 1. The molecule has 1 spiro atoms. The number of aliphatic carboxylic acids is 1. The molecule has 0 saturated carbocycles. The largest absolute Gasteiger partial charge is 0.542 e. The molecule has 2 aromatic rings. The standard InChI is InChI=1S/C23H29FN4O2.C2HF3O2/c1-3-17-15-18(25-26-21(17)29)13-16-5-6-20(24)19(14-16)22(30)28-11-8-23(9-12-28)7-4-10-27(23)2;3-2(4,5)1(6)7/h5-6,14-15H,3-4,7-13H2,1-2H3,(H,26,29);(H,6,7). The first-order valence-corrected chi connectivity index (χ1v) is 12.1. The van der Waals surface area contributed by atoms with Gasteiger partial charge in [0.25, 0.3) is 5.91 Å². The number of aryl methyl sites for hydroxylation is 1. The van der Waals surface area contributed by atoms with Crippen molar-refractivity contribution in [3.63, 3.8) is 0 Å². The number of nitrogens with zero attached hydrogens (tertiary/aromatic N) is 2. The van der Waals surface area contributed by atoms with E-state index < -0.39 is 18.0 Å². The molecule has 8 nitrogen and oxygen atoms in total. The Bertz CT molecular complexity index is 1190. The molecule has 0 bridgehead atoms. The molecule has 0 atom stereocenters. The van der Waals surface area contributed by atoms with Crippen molar-refractivity contribution in [1.82, 2.24) is 14.9 Å². The average Bonchev–Trinajstić information content (AvgIpc) is 3.20. The maximum atomic E-state index is 14.5. The molecule has 2 aliphatic heterocycles. The van der Waals surface area contributed by atoms with Crippen molar-refractivity contribution in [3.05, 3.63) is 62.8 Å². The van der Waals surface area contributed by atoms with E-state index in [1.807, 2.05) is 13.0 Å². The summed E-state index contributed by atoms with van der Waals surface area (Å²) < 4.78 is 46.1. The predicted octanol–water partition coefficient (Wildman–Crippen LogP) is 1.48. The van der Waals surface area contributed by atoms with Gasteiger partial charge in [-0.15, -0.1) is 10.2 Å². The van der Waals surface area contributed by atoms with Crippen molar-refractivity contribution >= 4 is 11.9 Å². The van der Waals surface area contributed by atoms with Crippen molar-refractivity contribution in [2.45, 2.75) is 57.2 Å². The number of alkyl halides is 3. The minimum Gasteiger partial charge on any atom is -0.542 e. The molecule has 1 aromatic carbocycles. The van der Waals surface area contributed by atoms with Crippen LogP contribution in [-0.4, -0.2) is 65.2 Å². The summed E-state index contributed by atoms with van der Waals surface area (Å²) in [5.74, 6) is -3.72. The van der Waals surface area contributed by atoms with E-state index in [4.69, 9.17) is 9.90 Å². The van der Waals surface area contributed by atoms with Crippen molar-refractivity contribution in [2.24, 2.45) is 0 Å². The number of benzene rings is 1. The van der Waals surface area contributed by atoms with Crippen molar-refractivity contribution in [3.8, 4) is 0 Å². The first-order valence-electron chi connectivity index (χ1n) is 12.1. The molecular weight excluding hydrogens is 496 g/mol. The molecule has 12 heteroatoms. The zero-order valence-corrected chi connectivity index (χ0v) is 20.7. The minimum atomic E-state index is -5.19. The molecule has 2 N–H and O–H groups in total. The van der Waals surface area contributed by atoms with E-state index in [9.17, 15) is 27.2 Å².